The van der Waals surface area contributed by atoms with Gasteiger partial charge in [0.1, 0.15) is 0 Å². The van der Waals surface area contributed by atoms with Crippen LogP contribution in [0.4, 0.5) is 5.95 Å². The van der Waals surface area contributed by atoms with Gasteiger partial charge < -0.3 is 19.7 Å². The lowest BCUT2D eigenvalue weighted by molar-refractivity contribution is 0.0405. The number of aromatic nitrogens is 2. The molecule has 0 amide bonds. The molecule has 1 aromatic carbocycles. The van der Waals surface area contributed by atoms with Crippen molar-refractivity contribution in [1.82, 2.24) is 9.55 Å². The van der Waals surface area contributed by atoms with Crippen LogP contribution in [0, 0.1) is 5.41 Å². The molecule has 1 saturated heterocycles. The van der Waals surface area contributed by atoms with E-state index in [0.717, 1.165) is 56.7 Å². The molecule has 24 heavy (non-hydrogen) atoms. The molecule has 6 heteroatoms. The Morgan fingerprint density at radius 3 is 2.83 bits per heavy atom. The Bertz CT molecular complexity index is 800. The first-order chi connectivity index (χ1) is 11.5. The zero-order valence-electron chi connectivity index (χ0n) is 13.9. The highest BCUT2D eigenvalue weighted by atomic mass is 16.4. The molecule has 4 rings (SSSR count). The summed E-state index contributed by atoms with van der Waals surface area (Å²) < 4.78 is 2.03. The maximum atomic E-state index is 11.2. The van der Waals surface area contributed by atoms with Crippen LogP contribution in [-0.2, 0) is 7.05 Å². The molecule has 1 aliphatic heterocycles. The third kappa shape index (κ3) is 2.28. The van der Waals surface area contributed by atoms with Crippen molar-refractivity contribution in [2.45, 2.75) is 38.2 Å². The van der Waals surface area contributed by atoms with Gasteiger partial charge in [0.2, 0.25) is 5.95 Å². The Kier molecular flexibility index (Phi) is 3.53. The Balaban J connectivity index is 1.70. The molecule has 2 aromatic rings. The van der Waals surface area contributed by atoms with Crippen LogP contribution in [0.3, 0.4) is 0 Å². The van der Waals surface area contributed by atoms with Crippen LogP contribution in [0.25, 0.3) is 11.0 Å². The van der Waals surface area contributed by atoms with Crippen LogP contribution >= 0.6 is 0 Å². The van der Waals surface area contributed by atoms with Crippen molar-refractivity contribution >= 4 is 23.0 Å². The second kappa shape index (κ2) is 5.48. The van der Waals surface area contributed by atoms with E-state index in [4.69, 9.17) is 10.1 Å². The first kappa shape index (κ1) is 15.4. The summed E-state index contributed by atoms with van der Waals surface area (Å²) in [6.45, 7) is 1.76. The fourth-order valence-corrected chi connectivity index (χ4v) is 4.53. The topological polar surface area (TPSA) is 78.6 Å². The lowest BCUT2D eigenvalue weighted by atomic mass is 9.77. The standard InChI is InChI=1S/C18H23N3O3/c1-20-14-6-5-12(16(23)24)10-13(14)19-17(20)21-9-3-8-18(11-21)7-2-4-15(18)22/h5-6,10,15,22H,2-4,7-9,11H2,1H3,(H,23,24)/t15-,18-/m1/s1. The third-order valence-corrected chi connectivity index (χ3v) is 5.85. The lowest BCUT2D eigenvalue weighted by Crippen LogP contribution is -2.48. The number of hydrogen-bond donors (Lipinski definition) is 2. The minimum atomic E-state index is -0.935. The predicted octanol–water partition coefficient (Wildman–Crippen LogP) is 2.40. The summed E-state index contributed by atoms with van der Waals surface area (Å²) in [5.74, 6) is -0.0687. The van der Waals surface area contributed by atoms with E-state index in [1.54, 1.807) is 12.1 Å². The zero-order valence-corrected chi connectivity index (χ0v) is 13.9. The van der Waals surface area contributed by atoms with Crippen molar-refractivity contribution in [2.75, 3.05) is 18.0 Å². The smallest absolute Gasteiger partial charge is 0.335 e. The second-order valence-corrected chi connectivity index (χ2v) is 7.27. The largest absolute Gasteiger partial charge is 0.478 e. The van der Waals surface area contributed by atoms with Crippen LogP contribution in [-0.4, -0.2) is 44.9 Å². The van der Waals surface area contributed by atoms with Gasteiger partial charge >= 0.3 is 5.97 Å². The van der Waals surface area contributed by atoms with Gasteiger partial charge in [0.05, 0.1) is 22.7 Å². The van der Waals surface area contributed by atoms with E-state index in [-0.39, 0.29) is 17.1 Å². The fraction of sp³-hybridized carbons (Fsp3) is 0.556. The Morgan fingerprint density at radius 2 is 2.12 bits per heavy atom. The molecule has 2 heterocycles. The van der Waals surface area contributed by atoms with Gasteiger partial charge in [0.25, 0.3) is 0 Å². The normalized spacial score (nSPS) is 27.2. The van der Waals surface area contributed by atoms with Crippen LogP contribution in [0.15, 0.2) is 18.2 Å². The summed E-state index contributed by atoms with van der Waals surface area (Å²) in [5, 5.41) is 19.6. The lowest BCUT2D eigenvalue weighted by Gasteiger charge is -2.42. The quantitative estimate of drug-likeness (QED) is 0.884. The average Bonchev–Trinajstić information content (AvgIpc) is 3.08. The number of carbonyl (C=O) groups is 1. The minimum Gasteiger partial charge on any atom is -0.478 e. The number of hydrogen-bond acceptors (Lipinski definition) is 4. The second-order valence-electron chi connectivity index (χ2n) is 7.27. The molecule has 128 valence electrons. The van der Waals surface area contributed by atoms with Gasteiger partial charge in [0, 0.05) is 25.6 Å². The summed E-state index contributed by atoms with van der Waals surface area (Å²) >= 11 is 0. The number of fused-ring (bicyclic) bond motifs is 1. The minimum absolute atomic E-state index is 0.00259. The molecule has 0 radical (unpaired) electrons. The number of carboxylic acids is 1. The number of piperidine rings is 1. The number of rotatable bonds is 2. The monoisotopic (exact) mass is 329 g/mol. The summed E-state index contributed by atoms with van der Waals surface area (Å²) in [5.41, 5.74) is 1.90. The number of anilines is 1. The number of imidazole rings is 1. The van der Waals surface area contributed by atoms with Gasteiger partial charge in [-0.2, -0.15) is 0 Å². The summed E-state index contributed by atoms with van der Waals surface area (Å²) in [4.78, 5) is 18.1. The van der Waals surface area contributed by atoms with Crippen molar-refractivity contribution in [2.24, 2.45) is 12.5 Å². The average molecular weight is 329 g/mol. The molecule has 2 N–H and O–H groups in total. The number of aromatic carboxylic acids is 1. The zero-order chi connectivity index (χ0) is 16.9. The van der Waals surface area contributed by atoms with Crippen molar-refractivity contribution in [1.29, 1.82) is 0 Å². The number of nitrogens with zero attached hydrogens (tertiary/aromatic N) is 3. The molecule has 6 nitrogen and oxygen atoms in total. The highest BCUT2D eigenvalue weighted by Gasteiger charge is 2.45. The molecule has 0 unspecified atom stereocenters. The van der Waals surface area contributed by atoms with E-state index >= 15 is 0 Å². The van der Waals surface area contributed by atoms with Crippen LogP contribution in [0.1, 0.15) is 42.5 Å². The van der Waals surface area contributed by atoms with Gasteiger partial charge in [0.15, 0.2) is 0 Å². The molecule has 0 bridgehead atoms. The van der Waals surface area contributed by atoms with Crippen molar-refractivity contribution < 1.29 is 15.0 Å². The van der Waals surface area contributed by atoms with Gasteiger partial charge in [-0.15, -0.1) is 0 Å². The third-order valence-electron chi connectivity index (χ3n) is 5.85. The van der Waals surface area contributed by atoms with Gasteiger partial charge in [-0.05, 0) is 43.9 Å². The molecule has 1 aromatic heterocycles. The van der Waals surface area contributed by atoms with Gasteiger partial charge in [-0.25, -0.2) is 9.78 Å². The number of aliphatic hydroxyl groups excluding tert-OH is 1. The van der Waals surface area contributed by atoms with Crippen LogP contribution in [0.2, 0.25) is 0 Å². The van der Waals surface area contributed by atoms with Crippen LogP contribution in [0.5, 0.6) is 0 Å². The first-order valence-electron chi connectivity index (χ1n) is 8.63. The van der Waals surface area contributed by atoms with E-state index in [1.807, 2.05) is 17.7 Å². The van der Waals surface area contributed by atoms with Crippen molar-refractivity contribution in [3.63, 3.8) is 0 Å². The molecule has 2 atom stereocenters. The number of aryl methyl sites for hydroxylation is 1. The Labute approximate surface area is 140 Å². The molecule has 1 saturated carbocycles. The number of benzene rings is 1. The molecule has 2 aliphatic rings. The van der Waals surface area contributed by atoms with Crippen molar-refractivity contribution in [3.8, 4) is 0 Å². The van der Waals surface area contributed by atoms with Gasteiger partial charge in [-0.1, -0.05) is 6.42 Å². The van der Waals surface area contributed by atoms with Gasteiger partial charge in [-0.3, -0.25) is 0 Å². The molecule has 1 spiro atoms. The SMILES string of the molecule is Cn1c(N2CCC[C@]3(CCC[C@H]3O)C2)nc2cc(C(=O)O)ccc21. The summed E-state index contributed by atoms with van der Waals surface area (Å²) in [7, 11) is 1.97. The maximum Gasteiger partial charge on any atom is 0.335 e. The Hall–Kier alpha value is -2.08. The molecular weight excluding hydrogens is 306 g/mol. The van der Waals surface area contributed by atoms with E-state index in [0.29, 0.717) is 5.52 Å². The van der Waals surface area contributed by atoms with Crippen LogP contribution < -0.4 is 4.90 Å². The Morgan fingerprint density at radius 1 is 1.33 bits per heavy atom. The van der Waals surface area contributed by atoms with E-state index in [1.165, 1.54) is 0 Å². The maximum absolute atomic E-state index is 11.2. The summed E-state index contributed by atoms with van der Waals surface area (Å²) in [6.07, 6.45) is 5.00. The molecule has 2 fully saturated rings. The highest BCUT2D eigenvalue weighted by Crippen LogP contribution is 2.45. The highest BCUT2D eigenvalue weighted by molar-refractivity contribution is 5.93. The van der Waals surface area contributed by atoms with E-state index in [2.05, 4.69) is 4.90 Å². The summed E-state index contributed by atoms with van der Waals surface area (Å²) in [6, 6.07) is 5.07. The predicted molar refractivity (Wildman–Crippen MR) is 91.4 cm³/mol. The van der Waals surface area contributed by atoms with E-state index < -0.39 is 5.97 Å². The number of aliphatic hydroxyl groups is 1. The molecule has 1 aliphatic carbocycles. The molecular formula is C18H23N3O3. The number of carboxylic acid groups (broad SMARTS) is 1. The van der Waals surface area contributed by atoms with Crippen molar-refractivity contribution in [3.05, 3.63) is 23.8 Å². The fourth-order valence-electron chi connectivity index (χ4n) is 4.53. The van der Waals surface area contributed by atoms with E-state index in [9.17, 15) is 9.90 Å². The first-order valence-corrected chi connectivity index (χ1v) is 8.63.